The second-order valence-corrected chi connectivity index (χ2v) is 13.4. The number of piperazine rings is 2. The average Bonchev–Trinajstić information content (AvgIpc) is 3.12. The van der Waals surface area contributed by atoms with Gasteiger partial charge in [-0.1, -0.05) is 54.0 Å². The van der Waals surface area contributed by atoms with Crippen LogP contribution < -0.4 is 4.74 Å². The Morgan fingerprint density at radius 3 is 1.88 bits per heavy atom. The first-order valence-corrected chi connectivity index (χ1v) is 17.6. The Balaban J connectivity index is 1.28. The lowest BCUT2D eigenvalue weighted by atomic mass is 9.96. The molecule has 0 unspecified atom stereocenters. The van der Waals surface area contributed by atoms with Crippen molar-refractivity contribution in [2.45, 2.75) is 11.8 Å². The van der Waals surface area contributed by atoms with E-state index in [9.17, 15) is 9.59 Å². The van der Waals surface area contributed by atoms with Crippen molar-refractivity contribution in [3.63, 3.8) is 0 Å². The SMILES string of the molecule is Cc1cc(SC/C=C(\c2ccc(C#CCN3CCN(C)CC3)cc2)c2ccc(C#CCN3CCN(C=O)CC3)cc2)ccc1OCC(=O)O. The van der Waals surface area contributed by atoms with Gasteiger partial charge < -0.3 is 19.6 Å². The van der Waals surface area contributed by atoms with E-state index in [2.05, 4.69) is 100 Å². The van der Waals surface area contributed by atoms with Gasteiger partial charge in [0.1, 0.15) is 5.75 Å². The zero-order chi connectivity index (χ0) is 34.4. The molecule has 2 fully saturated rings. The highest BCUT2D eigenvalue weighted by Crippen LogP contribution is 2.29. The van der Waals surface area contributed by atoms with Gasteiger partial charge in [-0.2, -0.15) is 0 Å². The maximum atomic E-state index is 11.0. The molecule has 2 aliphatic heterocycles. The monoisotopic (exact) mass is 676 g/mol. The van der Waals surface area contributed by atoms with E-state index >= 15 is 0 Å². The van der Waals surface area contributed by atoms with Crippen LogP contribution >= 0.6 is 11.8 Å². The third kappa shape index (κ3) is 11.3. The quantitative estimate of drug-likeness (QED) is 0.182. The number of amides is 1. The topological polar surface area (TPSA) is 76.6 Å². The van der Waals surface area contributed by atoms with Crippen molar-refractivity contribution in [2.75, 3.05) is 84.9 Å². The van der Waals surface area contributed by atoms with Crippen molar-refractivity contribution in [1.29, 1.82) is 0 Å². The molecular weight excluding hydrogens is 633 g/mol. The average molecular weight is 677 g/mol. The summed E-state index contributed by atoms with van der Waals surface area (Å²) in [6.07, 6.45) is 3.17. The molecule has 9 heteroatoms. The molecule has 0 aromatic heterocycles. The molecule has 254 valence electrons. The molecule has 1 N–H and O–H groups in total. The number of aryl methyl sites for hydroxylation is 1. The van der Waals surface area contributed by atoms with Gasteiger partial charge in [-0.15, -0.1) is 11.8 Å². The lowest BCUT2D eigenvalue weighted by Crippen LogP contribution is -2.45. The van der Waals surface area contributed by atoms with Gasteiger partial charge in [-0.25, -0.2) is 4.79 Å². The first kappa shape index (κ1) is 35.8. The molecule has 0 aliphatic carbocycles. The van der Waals surface area contributed by atoms with Crippen LogP contribution in [0.15, 0.2) is 77.7 Å². The Labute approximate surface area is 294 Å². The van der Waals surface area contributed by atoms with Crippen molar-refractivity contribution in [3.8, 4) is 29.4 Å². The lowest BCUT2D eigenvalue weighted by Gasteiger charge is -2.31. The maximum absolute atomic E-state index is 11.0. The standard InChI is InChI=1S/C40H44N4O4S/c1-32-29-37(15-16-39(32)48-30-40(46)47)49-28-17-38(35-11-7-33(8-12-35)5-3-18-42-22-20-41(2)21-23-42)36-13-9-34(10-14-36)6-4-19-43-24-26-44(31-45)27-25-43/h7-17,29,31H,18-28,30H2,1-2H3,(H,46,47)/b38-17+. The Hall–Kier alpha value is -4.51. The number of hydrogen-bond acceptors (Lipinski definition) is 7. The minimum atomic E-state index is -0.994. The first-order valence-electron chi connectivity index (χ1n) is 16.7. The summed E-state index contributed by atoms with van der Waals surface area (Å²) >= 11 is 1.71. The molecule has 0 bridgehead atoms. The summed E-state index contributed by atoms with van der Waals surface area (Å²) in [7, 11) is 2.16. The number of carbonyl (C=O) groups excluding carboxylic acids is 1. The van der Waals surface area contributed by atoms with E-state index in [0.29, 0.717) is 12.3 Å². The molecule has 3 aromatic carbocycles. The number of thioether (sulfide) groups is 1. The molecule has 2 saturated heterocycles. The van der Waals surface area contributed by atoms with Gasteiger partial charge in [0.2, 0.25) is 6.41 Å². The highest BCUT2D eigenvalue weighted by atomic mass is 32.2. The zero-order valence-corrected chi connectivity index (χ0v) is 29.2. The number of nitrogens with zero attached hydrogens (tertiary/aromatic N) is 4. The van der Waals surface area contributed by atoms with Gasteiger partial charge >= 0.3 is 5.97 Å². The van der Waals surface area contributed by atoms with Crippen LogP contribution in [0.1, 0.15) is 27.8 Å². The number of carbonyl (C=O) groups is 2. The highest BCUT2D eigenvalue weighted by Gasteiger charge is 2.14. The minimum Gasteiger partial charge on any atom is -0.482 e. The summed E-state index contributed by atoms with van der Waals surface area (Å²) in [5.41, 5.74) is 6.24. The third-order valence-corrected chi connectivity index (χ3v) is 9.57. The smallest absolute Gasteiger partial charge is 0.341 e. The molecule has 1 amide bonds. The third-order valence-electron chi connectivity index (χ3n) is 8.65. The van der Waals surface area contributed by atoms with Crippen molar-refractivity contribution in [1.82, 2.24) is 19.6 Å². The summed E-state index contributed by atoms with van der Waals surface area (Å²) in [6.45, 7) is 10.5. The van der Waals surface area contributed by atoms with Crippen molar-refractivity contribution in [3.05, 3.63) is 101 Å². The van der Waals surface area contributed by atoms with Crippen molar-refractivity contribution < 1.29 is 19.4 Å². The fraction of sp³-hybridized carbons (Fsp3) is 0.350. The molecule has 3 aromatic rings. The minimum absolute atomic E-state index is 0.357. The summed E-state index contributed by atoms with van der Waals surface area (Å²) in [6, 6.07) is 22.7. The highest BCUT2D eigenvalue weighted by molar-refractivity contribution is 7.99. The van der Waals surface area contributed by atoms with Gasteiger partial charge in [0.05, 0.1) is 13.1 Å². The summed E-state index contributed by atoms with van der Waals surface area (Å²) in [5.74, 6) is 13.6. The molecule has 2 aliphatic rings. The number of carboxylic acid groups (broad SMARTS) is 1. The summed E-state index contributed by atoms with van der Waals surface area (Å²) in [5, 5.41) is 8.94. The molecule has 0 spiro atoms. The first-order chi connectivity index (χ1) is 23.9. The number of carboxylic acids is 1. The van der Waals surface area contributed by atoms with Crippen LogP contribution in [-0.2, 0) is 9.59 Å². The molecule has 2 heterocycles. The van der Waals surface area contributed by atoms with Crippen LogP contribution in [0.3, 0.4) is 0 Å². The number of likely N-dealkylation sites (N-methyl/N-ethyl adjacent to an activating group) is 1. The Morgan fingerprint density at radius 1 is 0.816 bits per heavy atom. The maximum Gasteiger partial charge on any atom is 0.341 e. The van der Waals surface area contributed by atoms with Crippen LogP contribution in [-0.4, -0.2) is 122 Å². The van der Waals surface area contributed by atoms with Gasteiger partial charge in [-0.3, -0.25) is 14.6 Å². The van der Waals surface area contributed by atoms with Crippen LogP contribution in [0.5, 0.6) is 5.75 Å². The Bertz CT molecular complexity index is 1720. The molecule has 8 nitrogen and oxygen atoms in total. The van der Waals surface area contributed by atoms with Crippen LogP contribution in [0.25, 0.3) is 5.57 Å². The Kier molecular flexibility index (Phi) is 13.4. The molecule has 5 rings (SSSR count). The molecule has 0 saturated carbocycles. The van der Waals surface area contributed by atoms with E-state index in [1.165, 1.54) is 0 Å². The molecular formula is C40H44N4O4S. The summed E-state index contributed by atoms with van der Waals surface area (Å²) < 4.78 is 5.39. The predicted molar refractivity (Wildman–Crippen MR) is 197 cm³/mol. The largest absolute Gasteiger partial charge is 0.482 e. The zero-order valence-electron chi connectivity index (χ0n) is 28.4. The number of aliphatic carboxylic acids is 1. The van der Waals surface area contributed by atoms with Gasteiger partial charge in [0.15, 0.2) is 6.61 Å². The van der Waals surface area contributed by atoms with Gasteiger partial charge in [-0.05, 0) is 78.7 Å². The fourth-order valence-corrected chi connectivity index (χ4v) is 6.51. The summed E-state index contributed by atoms with van der Waals surface area (Å²) in [4.78, 5) is 31.8. The van der Waals surface area contributed by atoms with E-state index < -0.39 is 5.97 Å². The van der Waals surface area contributed by atoms with E-state index in [4.69, 9.17) is 9.84 Å². The number of benzene rings is 3. The van der Waals surface area contributed by atoms with Gasteiger partial charge in [0.25, 0.3) is 0 Å². The van der Waals surface area contributed by atoms with Gasteiger partial charge in [0, 0.05) is 74.1 Å². The van der Waals surface area contributed by atoms with E-state index in [1.807, 2.05) is 25.1 Å². The number of hydrogen-bond donors (Lipinski definition) is 1. The predicted octanol–water partition coefficient (Wildman–Crippen LogP) is 4.41. The molecule has 0 radical (unpaired) electrons. The number of rotatable bonds is 11. The van der Waals surface area contributed by atoms with Crippen LogP contribution in [0.2, 0.25) is 0 Å². The van der Waals surface area contributed by atoms with Crippen LogP contribution in [0.4, 0.5) is 0 Å². The van der Waals surface area contributed by atoms with Crippen molar-refractivity contribution in [2.24, 2.45) is 0 Å². The lowest BCUT2D eigenvalue weighted by molar-refractivity contribution is -0.139. The number of ether oxygens (including phenoxy) is 1. The van der Waals surface area contributed by atoms with E-state index in [-0.39, 0.29) is 6.61 Å². The second kappa shape index (κ2) is 18.3. The molecule has 0 atom stereocenters. The second-order valence-electron chi connectivity index (χ2n) is 12.3. The fourth-order valence-electron chi connectivity index (χ4n) is 5.64. The molecule has 49 heavy (non-hydrogen) atoms. The normalized spacial score (nSPS) is 15.9. The Morgan fingerprint density at radius 2 is 1.37 bits per heavy atom. The van der Waals surface area contributed by atoms with E-state index in [1.54, 1.807) is 16.7 Å². The van der Waals surface area contributed by atoms with E-state index in [0.717, 1.165) is 109 Å². The van der Waals surface area contributed by atoms with Crippen LogP contribution in [0, 0.1) is 30.6 Å². The van der Waals surface area contributed by atoms with Crippen molar-refractivity contribution >= 4 is 29.7 Å².